The molecular weight excluding hydrogens is 362 g/mol. The maximum Gasteiger partial charge on any atom is 0.148 e. The van der Waals surface area contributed by atoms with Gasteiger partial charge in [0.25, 0.3) is 0 Å². The molecule has 4 heteroatoms. The summed E-state index contributed by atoms with van der Waals surface area (Å²) in [6.07, 6.45) is 8.58. The van der Waals surface area contributed by atoms with Crippen LogP contribution in [0.25, 0.3) is 0 Å². The highest BCUT2D eigenvalue weighted by atomic mass is 79.9. The Morgan fingerprint density at radius 3 is 3.05 bits per heavy atom. The highest BCUT2D eigenvalue weighted by Gasteiger charge is 2.59. The summed E-state index contributed by atoms with van der Waals surface area (Å²) in [7, 11) is 0. The lowest BCUT2D eigenvalue weighted by Gasteiger charge is -2.45. The quantitative estimate of drug-likeness (QED) is 0.694. The molecule has 0 heterocycles. The Hall–Kier alpha value is -0.540. The fraction of sp³-hybridized carbons (Fsp3) is 0.611. The summed E-state index contributed by atoms with van der Waals surface area (Å²) in [6, 6.07) is 1.99. The second-order valence-electron chi connectivity index (χ2n) is 7.59. The average molecular weight is 383 g/mol. The molecule has 4 rings (SSSR count). The minimum atomic E-state index is 0.206. The molecule has 0 aromatic heterocycles. The largest absolute Gasteiger partial charge is 0.505 e. The normalized spacial score (nSPS) is 35.8. The molecule has 0 saturated heterocycles. The van der Waals surface area contributed by atoms with Crippen LogP contribution in [0.4, 0.5) is 0 Å². The Bertz CT molecular complexity index is 661. The molecule has 1 N–H and O–H groups in total. The molecule has 0 radical (unpaired) electrons. The van der Waals surface area contributed by atoms with Gasteiger partial charge in [0.15, 0.2) is 0 Å². The maximum absolute atomic E-state index is 10.3. The van der Waals surface area contributed by atoms with Crippen LogP contribution in [0.5, 0.6) is 5.75 Å². The number of phenolic OH excluding ortho intramolecular Hbond substituents is 1. The van der Waals surface area contributed by atoms with Gasteiger partial charge in [0.1, 0.15) is 5.75 Å². The van der Waals surface area contributed by atoms with Crippen molar-refractivity contribution in [1.29, 1.82) is 0 Å². The van der Waals surface area contributed by atoms with E-state index in [9.17, 15) is 5.11 Å². The monoisotopic (exact) mass is 381 g/mol. The van der Waals surface area contributed by atoms with Gasteiger partial charge in [0, 0.05) is 12.0 Å². The van der Waals surface area contributed by atoms with Crippen molar-refractivity contribution in [2.75, 3.05) is 6.54 Å². The van der Waals surface area contributed by atoms with E-state index in [-0.39, 0.29) is 16.6 Å². The van der Waals surface area contributed by atoms with Gasteiger partial charge in [-0.1, -0.05) is 24.4 Å². The minimum absolute atomic E-state index is 0.206. The maximum atomic E-state index is 10.3. The number of hydrogen-bond donors (Lipinski definition) is 1. The molecule has 3 aliphatic rings. The van der Waals surface area contributed by atoms with E-state index >= 15 is 0 Å². The molecule has 0 amide bonds. The zero-order valence-electron chi connectivity index (χ0n) is 12.7. The third-order valence-corrected chi connectivity index (χ3v) is 7.42. The number of benzene rings is 1. The van der Waals surface area contributed by atoms with E-state index in [2.05, 4.69) is 27.6 Å². The van der Waals surface area contributed by atoms with Gasteiger partial charge in [-0.3, -0.25) is 0 Å². The van der Waals surface area contributed by atoms with Gasteiger partial charge in [-0.05, 0) is 83.3 Å². The Morgan fingerprint density at radius 1 is 1.45 bits per heavy atom. The predicted octanol–water partition coefficient (Wildman–Crippen LogP) is 5.27. The van der Waals surface area contributed by atoms with Gasteiger partial charge in [-0.25, -0.2) is 0 Å². The van der Waals surface area contributed by atoms with Gasteiger partial charge in [0.2, 0.25) is 0 Å². The Balaban J connectivity index is 1.96. The van der Waals surface area contributed by atoms with Crippen LogP contribution in [0.1, 0.15) is 49.7 Å². The summed E-state index contributed by atoms with van der Waals surface area (Å²) < 4.78 is 0.837. The smallest absolute Gasteiger partial charge is 0.148 e. The third-order valence-electron chi connectivity index (χ3n) is 6.36. The Labute approximate surface area is 145 Å². The summed E-state index contributed by atoms with van der Waals surface area (Å²) in [5, 5.41) is 10.8. The van der Waals surface area contributed by atoms with Crippen LogP contribution in [0.3, 0.4) is 0 Å². The van der Waals surface area contributed by atoms with Gasteiger partial charge < -0.3 is 10.1 Å². The first-order valence-corrected chi connectivity index (χ1v) is 9.31. The highest BCUT2D eigenvalue weighted by molar-refractivity contribution is 9.10. The van der Waals surface area contributed by atoms with Crippen molar-refractivity contribution in [3.8, 4) is 5.75 Å². The van der Waals surface area contributed by atoms with Crippen LogP contribution in [0, 0.1) is 11.3 Å². The minimum Gasteiger partial charge on any atom is -0.505 e. The van der Waals surface area contributed by atoms with Crippen molar-refractivity contribution in [2.24, 2.45) is 16.3 Å². The van der Waals surface area contributed by atoms with Crippen LogP contribution in [0.2, 0.25) is 5.02 Å². The fourth-order valence-electron chi connectivity index (χ4n) is 5.81. The number of aliphatic imine (C=N–C) groups is 1. The van der Waals surface area contributed by atoms with Gasteiger partial charge >= 0.3 is 0 Å². The van der Waals surface area contributed by atoms with E-state index in [1.807, 2.05) is 6.07 Å². The van der Waals surface area contributed by atoms with Crippen molar-refractivity contribution in [1.82, 2.24) is 0 Å². The van der Waals surface area contributed by atoms with Crippen LogP contribution in [-0.4, -0.2) is 18.4 Å². The van der Waals surface area contributed by atoms with Crippen molar-refractivity contribution < 1.29 is 5.11 Å². The number of phenols is 1. The van der Waals surface area contributed by atoms with Crippen LogP contribution >= 0.6 is 27.5 Å². The lowest BCUT2D eigenvalue weighted by Crippen LogP contribution is -2.39. The molecule has 2 bridgehead atoms. The number of fused-ring (bicyclic) bond motifs is 2. The second-order valence-corrected chi connectivity index (χ2v) is 8.79. The predicted molar refractivity (Wildman–Crippen MR) is 94.2 cm³/mol. The van der Waals surface area contributed by atoms with E-state index in [0.29, 0.717) is 10.9 Å². The number of hydrogen-bond acceptors (Lipinski definition) is 2. The molecule has 1 aromatic carbocycles. The zero-order valence-corrected chi connectivity index (χ0v) is 15.0. The lowest BCUT2D eigenvalue weighted by molar-refractivity contribution is 0.205. The summed E-state index contributed by atoms with van der Waals surface area (Å²) in [5.74, 6) is 0.918. The summed E-state index contributed by atoms with van der Waals surface area (Å²) >= 11 is 9.91. The number of nitrogens with zero attached hydrogens (tertiary/aromatic N) is 1. The zero-order chi connectivity index (χ0) is 15.5. The molecule has 118 valence electrons. The Morgan fingerprint density at radius 2 is 2.27 bits per heavy atom. The topological polar surface area (TPSA) is 32.6 Å². The van der Waals surface area contributed by atoms with E-state index in [1.54, 1.807) is 0 Å². The molecule has 1 spiro atoms. The van der Waals surface area contributed by atoms with Crippen molar-refractivity contribution in [3.05, 3.63) is 26.7 Å². The standard InChI is InChI=1S/C18H21BrClNO/c1-21-10-17-7-11-6-13(20)16(22)15(19)14(11)18(9-17)5-3-2-4-12(18)8-17/h6,12,22H,1-5,7-10H2/t12-,17?,18+/m1/s1. The van der Waals surface area contributed by atoms with E-state index in [1.165, 1.54) is 49.7 Å². The molecule has 3 atom stereocenters. The summed E-state index contributed by atoms with van der Waals surface area (Å²) in [6.45, 7) is 4.61. The highest BCUT2D eigenvalue weighted by Crippen LogP contribution is 2.67. The summed E-state index contributed by atoms with van der Waals surface area (Å²) in [4.78, 5) is 4.27. The third kappa shape index (κ3) is 1.88. The van der Waals surface area contributed by atoms with Crippen LogP contribution < -0.4 is 0 Å². The van der Waals surface area contributed by atoms with Crippen molar-refractivity contribution in [3.63, 3.8) is 0 Å². The second kappa shape index (κ2) is 4.98. The number of aromatic hydroxyl groups is 1. The SMILES string of the molecule is C=NCC12Cc3cc(Cl)c(O)c(Br)c3[C@@]3(CCCC[C@@H]3C1)C2. The van der Waals surface area contributed by atoms with Crippen LogP contribution in [0.15, 0.2) is 15.5 Å². The van der Waals surface area contributed by atoms with Crippen LogP contribution in [-0.2, 0) is 11.8 Å². The molecule has 0 aliphatic heterocycles. The fourth-order valence-corrected chi connectivity index (χ4v) is 7.01. The average Bonchev–Trinajstić information content (AvgIpc) is 2.73. The van der Waals surface area contributed by atoms with Gasteiger partial charge in [0.05, 0.1) is 9.50 Å². The summed E-state index contributed by atoms with van der Waals surface area (Å²) in [5.41, 5.74) is 3.12. The van der Waals surface area contributed by atoms with E-state index in [0.717, 1.165) is 17.4 Å². The van der Waals surface area contributed by atoms with Gasteiger partial charge in [-0.2, -0.15) is 0 Å². The molecule has 2 saturated carbocycles. The lowest BCUT2D eigenvalue weighted by atomic mass is 9.60. The first-order valence-electron chi connectivity index (χ1n) is 8.14. The first kappa shape index (κ1) is 15.0. The van der Waals surface area contributed by atoms with E-state index in [4.69, 9.17) is 11.6 Å². The van der Waals surface area contributed by atoms with Crippen molar-refractivity contribution >= 4 is 34.2 Å². The van der Waals surface area contributed by atoms with Crippen molar-refractivity contribution in [2.45, 2.75) is 50.4 Å². The molecular formula is C18H21BrClNO. The molecule has 1 unspecified atom stereocenters. The molecule has 2 fully saturated rings. The number of halogens is 2. The van der Waals surface area contributed by atoms with Gasteiger partial charge in [-0.15, -0.1) is 0 Å². The number of rotatable bonds is 2. The molecule has 3 aliphatic carbocycles. The molecule has 2 nitrogen and oxygen atoms in total. The molecule has 22 heavy (non-hydrogen) atoms. The van der Waals surface area contributed by atoms with E-state index < -0.39 is 0 Å². The Kier molecular flexibility index (Phi) is 3.40. The first-order chi connectivity index (χ1) is 10.5. The molecule has 1 aromatic rings.